The number of carbonyl (C=O) groups excluding carboxylic acids is 1. The SMILES string of the molecule is COc1ccc(-c2nc(C)c(C(=O)NC3CCN(S(C)(=O)=O)CC3)s2)cc1OC. The molecule has 158 valence electrons. The number of hydrogen-bond acceptors (Lipinski definition) is 7. The first-order valence-electron chi connectivity index (χ1n) is 9.18. The zero-order valence-corrected chi connectivity index (χ0v) is 18.5. The monoisotopic (exact) mass is 439 g/mol. The number of amides is 1. The van der Waals surface area contributed by atoms with Crippen molar-refractivity contribution in [3.63, 3.8) is 0 Å². The molecule has 0 unspecified atom stereocenters. The lowest BCUT2D eigenvalue weighted by Crippen LogP contribution is -2.46. The third-order valence-electron chi connectivity index (χ3n) is 4.89. The van der Waals surface area contributed by atoms with Gasteiger partial charge in [-0.1, -0.05) is 0 Å². The van der Waals surface area contributed by atoms with Crippen molar-refractivity contribution in [3.8, 4) is 22.1 Å². The van der Waals surface area contributed by atoms with Gasteiger partial charge in [0.25, 0.3) is 5.91 Å². The number of thiazole rings is 1. The van der Waals surface area contributed by atoms with E-state index >= 15 is 0 Å². The maximum atomic E-state index is 12.8. The second-order valence-corrected chi connectivity index (χ2v) is 9.89. The van der Waals surface area contributed by atoms with Crippen molar-refractivity contribution in [3.05, 3.63) is 28.8 Å². The van der Waals surface area contributed by atoms with E-state index in [0.717, 1.165) is 10.6 Å². The molecule has 1 aliphatic rings. The van der Waals surface area contributed by atoms with Crippen LogP contribution in [0.1, 0.15) is 28.2 Å². The molecule has 29 heavy (non-hydrogen) atoms. The van der Waals surface area contributed by atoms with E-state index in [1.807, 2.05) is 19.1 Å². The smallest absolute Gasteiger partial charge is 0.263 e. The molecule has 0 atom stereocenters. The second-order valence-electron chi connectivity index (χ2n) is 6.91. The van der Waals surface area contributed by atoms with Crippen molar-refractivity contribution in [2.45, 2.75) is 25.8 Å². The number of nitrogens with one attached hydrogen (secondary N) is 1. The number of carbonyl (C=O) groups is 1. The normalized spacial score (nSPS) is 15.9. The zero-order chi connectivity index (χ0) is 21.2. The number of rotatable bonds is 6. The fraction of sp³-hybridized carbons (Fsp3) is 0.474. The lowest BCUT2D eigenvalue weighted by atomic mass is 10.1. The summed E-state index contributed by atoms with van der Waals surface area (Å²) in [6.45, 7) is 2.65. The summed E-state index contributed by atoms with van der Waals surface area (Å²) in [5, 5.41) is 3.74. The Kier molecular flexibility index (Phi) is 6.45. The highest BCUT2D eigenvalue weighted by atomic mass is 32.2. The van der Waals surface area contributed by atoms with E-state index < -0.39 is 10.0 Å². The van der Waals surface area contributed by atoms with Gasteiger partial charge in [-0.2, -0.15) is 0 Å². The molecule has 1 saturated heterocycles. The van der Waals surface area contributed by atoms with Crippen molar-refractivity contribution < 1.29 is 22.7 Å². The van der Waals surface area contributed by atoms with Gasteiger partial charge in [0.2, 0.25) is 10.0 Å². The van der Waals surface area contributed by atoms with Crippen LogP contribution >= 0.6 is 11.3 Å². The van der Waals surface area contributed by atoms with Gasteiger partial charge in [-0.05, 0) is 38.0 Å². The molecule has 0 spiro atoms. The zero-order valence-electron chi connectivity index (χ0n) is 16.9. The third-order valence-corrected chi connectivity index (χ3v) is 7.40. The number of benzene rings is 1. The van der Waals surface area contributed by atoms with Crippen LogP contribution in [-0.4, -0.2) is 63.2 Å². The molecule has 0 aliphatic carbocycles. The van der Waals surface area contributed by atoms with Gasteiger partial charge in [0, 0.05) is 24.7 Å². The molecular formula is C19H25N3O5S2. The number of ether oxygens (including phenoxy) is 2. The Labute approximate surface area is 174 Å². The molecular weight excluding hydrogens is 414 g/mol. The first kappa shape index (κ1) is 21.5. The molecule has 2 aromatic rings. The number of nitrogens with zero attached hydrogens (tertiary/aromatic N) is 2. The maximum Gasteiger partial charge on any atom is 0.263 e. The number of piperidine rings is 1. The topological polar surface area (TPSA) is 97.8 Å². The molecule has 1 aromatic heterocycles. The summed E-state index contributed by atoms with van der Waals surface area (Å²) in [6, 6.07) is 5.47. The minimum absolute atomic E-state index is 0.0495. The Morgan fingerprint density at radius 3 is 2.45 bits per heavy atom. The summed E-state index contributed by atoms with van der Waals surface area (Å²) >= 11 is 1.32. The third kappa shape index (κ3) is 4.88. The first-order valence-corrected chi connectivity index (χ1v) is 11.8. The van der Waals surface area contributed by atoms with E-state index in [9.17, 15) is 13.2 Å². The minimum Gasteiger partial charge on any atom is -0.493 e. The molecule has 0 radical (unpaired) electrons. The van der Waals surface area contributed by atoms with Gasteiger partial charge < -0.3 is 14.8 Å². The van der Waals surface area contributed by atoms with Crippen molar-refractivity contribution >= 4 is 27.3 Å². The maximum absolute atomic E-state index is 12.8. The summed E-state index contributed by atoms with van der Waals surface area (Å²) < 4.78 is 35.3. The van der Waals surface area contributed by atoms with E-state index in [-0.39, 0.29) is 11.9 Å². The van der Waals surface area contributed by atoms with E-state index in [2.05, 4.69) is 10.3 Å². The van der Waals surface area contributed by atoms with E-state index in [1.54, 1.807) is 20.3 Å². The predicted molar refractivity (Wildman–Crippen MR) is 112 cm³/mol. The summed E-state index contributed by atoms with van der Waals surface area (Å²) in [7, 11) is -0.0319. The van der Waals surface area contributed by atoms with Crippen LogP contribution in [-0.2, 0) is 10.0 Å². The molecule has 0 bridgehead atoms. The lowest BCUT2D eigenvalue weighted by molar-refractivity contribution is 0.0927. The van der Waals surface area contributed by atoms with Gasteiger partial charge >= 0.3 is 0 Å². The van der Waals surface area contributed by atoms with Gasteiger partial charge in [-0.25, -0.2) is 17.7 Å². The quantitative estimate of drug-likeness (QED) is 0.742. The molecule has 1 aliphatic heterocycles. The van der Waals surface area contributed by atoms with Crippen LogP contribution in [0.2, 0.25) is 0 Å². The van der Waals surface area contributed by atoms with Gasteiger partial charge in [0.15, 0.2) is 11.5 Å². The van der Waals surface area contributed by atoms with Crippen LogP contribution in [0.5, 0.6) is 11.5 Å². The van der Waals surface area contributed by atoms with Gasteiger partial charge in [0.05, 0.1) is 26.2 Å². The summed E-state index contributed by atoms with van der Waals surface area (Å²) in [5.41, 5.74) is 1.50. The van der Waals surface area contributed by atoms with E-state index in [4.69, 9.17) is 9.47 Å². The Morgan fingerprint density at radius 1 is 1.21 bits per heavy atom. The highest BCUT2D eigenvalue weighted by Gasteiger charge is 2.27. The molecule has 2 heterocycles. The van der Waals surface area contributed by atoms with Gasteiger partial charge in [-0.15, -0.1) is 11.3 Å². The van der Waals surface area contributed by atoms with Gasteiger partial charge in [-0.3, -0.25) is 4.79 Å². The molecule has 1 N–H and O–H groups in total. The van der Waals surface area contributed by atoms with Crippen LogP contribution in [0.4, 0.5) is 0 Å². The van der Waals surface area contributed by atoms with Crippen molar-refractivity contribution in [2.75, 3.05) is 33.6 Å². The minimum atomic E-state index is -3.18. The molecule has 1 amide bonds. The summed E-state index contributed by atoms with van der Waals surface area (Å²) in [6.07, 6.45) is 2.40. The predicted octanol–water partition coefficient (Wildman–Crippen LogP) is 2.29. The van der Waals surface area contributed by atoms with Crippen LogP contribution in [0, 0.1) is 6.92 Å². The standard InChI is InChI=1S/C19H25N3O5S2/c1-12-17(18(23)21-14-7-9-22(10-8-14)29(4,24)25)28-19(20-12)13-5-6-15(26-2)16(11-13)27-3/h5-6,11,14H,7-10H2,1-4H3,(H,21,23). The first-order chi connectivity index (χ1) is 13.7. The van der Waals surface area contributed by atoms with Crippen molar-refractivity contribution in [1.82, 2.24) is 14.6 Å². The Hall–Kier alpha value is -2.17. The van der Waals surface area contributed by atoms with E-state index in [1.165, 1.54) is 21.9 Å². The Balaban J connectivity index is 1.71. The second kappa shape index (κ2) is 8.68. The number of sulfonamides is 1. The van der Waals surface area contributed by atoms with E-state index in [0.29, 0.717) is 48.0 Å². The summed E-state index contributed by atoms with van der Waals surface area (Å²) in [5.74, 6) is 1.05. The number of hydrogen-bond donors (Lipinski definition) is 1. The number of aromatic nitrogens is 1. The Bertz CT molecular complexity index is 995. The molecule has 1 aromatic carbocycles. The van der Waals surface area contributed by atoms with Crippen molar-refractivity contribution in [2.24, 2.45) is 0 Å². The molecule has 1 fully saturated rings. The number of methoxy groups -OCH3 is 2. The van der Waals surface area contributed by atoms with Crippen LogP contribution in [0.3, 0.4) is 0 Å². The lowest BCUT2D eigenvalue weighted by Gasteiger charge is -2.30. The van der Waals surface area contributed by atoms with Crippen LogP contribution in [0.15, 0.2) is 18.2 Å². The van der Waals surface area contributed by atoms with Gasteiger partial charge in [0.1, 0.15) is 9.88 Å². The Morgan fingerprint density at radius 2 is 1.86 bits per heavy atom. The van der Waals surface area contributed by atoms with Crippen LogP contribution in [0.25, 0.3) is 10.6 Å². The summed E-state index contributed by atoms with van der Waals surface area (Å²) in [4.78, 5) is 17.9. The molecule has 10 heteroatoms. The highest BCUT2D eigenvalue weighted by Crippen LogP contribution is 2.35. The van der Waals surface area contributed by atoms with Crippen LogP contribution < -0.4 is 14.8 Å². The highest BCUT2D eigenvalue weighted by molar-refractivity contribution is 7.88. The fourth-order valence-electron chi connectivity index (χ4n) is 3.28. The number of aryl methyl sites for hydroxylation is 1. The molecule has 8 nitrogen and oxygen atoms in total. The molecule has 3 rings (SSSR count). The average molecular weight is 440 g/mol. The van der Waals surface area contributed by atoms with Crippen molar-refractivity contribution in [1.29, 1.82) is 0 Å². The molecule has 0 saturated carbocycles. The fourth-order valence-corrected chi connectivity index (χ4v) is 5.12. The average Bonchev–Trinajstić information content (AvgIpc) is 3.09. The largest absolute Gasteiger partial charge is 0.493 e.